The molecule has 1 aromatic carbocycles. The second-order valence-electron chi connectivity index (χ2n) is 2.88. The Hall–Kier alpha value is -0.530. The van der Waals surface area contributed by atoms with E-state index in [0.717, 1.165) is 9.26 Å². The van der Waals surface area contributed by atoms with Gasteiger partial charge in [-0.05, 0) is 40.8 Å². The highest BCUT2D eigenvalue weighted by Crippen LogP contribution is 2.22. The molecule has 0 radical (unpaired) electrons. The maximum absolute atomic E-state index is 9.14. The van der Waals surface area contributed by atoms with Gasteiger partial charge in [0.15, 0.2) is 0 Å². The smallest absolute Gasteiger partial charge is 0.116 e. The fourth-order valence-electron chi connectivity index (χ4n) is 0.940. The number of anilines is 1. The number of aliphatic hydroxyl groups is 2. The predicted octanol–water partition coefficient (Wildman–Crippen LogP) is 0.762. The summed E-state index contributed by atoms with van der Waals surface area (Å²) in [6, 6.07) is 4.91. The third kappa shape index (κ3) is 3.32. The third-order valence-electron chi connectivity index (χ3n) is 1.69. The summed E-state index contributed by atoms with van der Waals surface area (Å²) in [5.74, 6) is 0.211. The summed E-state index contributed by atoms with van der Waals surface area (Å²) in [5.41, 5.74) is 0.830. The average molecular weight is 309 g/mol. The fourth-order valence-corrected chi connectivity index (χ4v) is 1.63. The minimum atomic E-state index is -0.764. The minimum Gasteiger partial charge on any atom is -0.508 e. The number of aromatic hydroxyl groups is 1. The number of phenols is 1. The van der Waals surface area contributed by atoms with E-state index in [1.54, 1.807) is 18.2 Å². The number of hydrogen-bond donors (Lipinski definition) is 4. The molecular formula is C9H12INO3. The summed E-state index contributed by atoms with van der Waals surface area (Å²) in [5, 5.41) is 29.8. The van der Waals surface area contributed by atoms with Crippen molar-refractivity contribution in [3.8, 4) is 5.75 Å². The van der Waals surface area contributed by atoms with E-state index in [4.69, 9.17) is 15.3 Å². The van der Waals surface area contributed by atoms with Gasteiger partial charge in [-0.15, -0.1) is 0 Å². The molecule has 0 aromatic heterocycles. The van der Waals surface area contributed by atoms with Crippen molar-refractivity contribution in [1.82, 2.24) is 0 Å². The van der Waals surface area contributed by atoms with Crippen LogP contribution in [0.2, 0.25) is 0 Å². The Bertz CT molecular complexity index is 306. The van der Waals surface area contributed by atoms with Crippen molar-refractivity contribution in [1.29, 1.82) is 0 Å². The van der Waals surface area contributed by atoms with Crippen LogP contribution in [0, 0.1) is 3.57 Å². The first-order valence-corrected chi connectivity index (χ1v) is 5.22. The first kappa shape index (κ1) is 11.5. The summed E-state index contributed by atoms with van der Waals surface area (Å²) < 4.78 is 0.868. The maximum atomic E-state index is 9.14. The zero-order valence-electron chi connectivity index (χ0n) is 7.44. The Morgan fingerprint density at radius 2 is 2.14 bits per heavy atom. The summed E-state index contributed by atoms with van der Waals surface area (Å²) in [6.45, 7) is 0.0267. The van der Waals surface area contributed by atoms with Gasteiger partial charge in [0.05, 0.1) is 12.7 Å². The first-order valence-electron chi connectivity index (χ1n) is 4.15. The highest BCUT2D eigenvalue weighted by atomic mass is 127. The number of phenolic OH excluding ortho intramolecular Hbond substituents is 1. The van der Waals surface area contributed by atoms with Gasteiger partial charge in [-0.3, -0.25) is 0 Å². The van der Waals surface area contributed by atoms with Crippen molar-refractivity contribution in [2.45, 2.75) is 6.10 Å². The quantitative estimate of drug-likeness (QED) is 0.489. The van der Waals surface area contributed by atoms with E-state index in [1.807, 2.05) is 0 Å². The Morgan fingerprint density at radius 3 is 2.71 bits per heavy atom. The van der Waals surface area contributed by atoms with Gasteiger partial charge in [-0.25, -0.2) is 0 Å². The molecule has 0 bridgehead atoms. The number of rotatable bonds is 4. The Labute approximate surface area is 95.7 Å². The van der Waals surface area contributed by atoms with Crippen molar-refractivity contribution in [3.05, 3.63) is 21.8 Å². The molecule has 0 saturated carbocycles. The lowest BCUT2D eigenvalue weighted by Crippen LogP contribution is -2.23. The lowest BCUT2D eigenvalue weighted by atomic mass is 10.3. The van der Waals surface area contributed by atoms with Gasteiger partial charge in [0.1, 0.15) is 5.75 Å². The Morgan fingerprint density at radius 1 is 1.43 bits per heavy atom. The second kappa shape index (κ2) is 5.38. The number of aliphatic hydroxyl groups excluding tert-OH is 2. The minimum absolute atomic E-state index is 0.211. The molecule has 4 N–H and O–H groups in total. The van der Waals surface area contributed by atoms with E-state index in [9.17, 15) is 0 Å². The molecule has 5 heteroatoms. The molecule has 0 fully saturated rings. The molecular weight excluding hydrogens is 297 g/mol. The van der Waals surface area contributed by atoms with Crippen molar-refractivity contribution in [3.63, 3.8) is 0 Å². The lowest BCUT2D eigenvalue weighted by Gasteiger charge is -2.11. The van der Waals surface area contributed by atoms with Crippen molar-refractivity contribution >= 4 is 28.3 Å². The van der Waals surface area contributed by atoms with Crippen molar-refractivity contribution in [2.75, 3.05) is 18.5 Å². The Kier molecular flexibility index (Phi) is 4.43. The molecule has 1 rings (SSSR count). The highest BCUT2D eigenvalue weighted by molar-refractivity contribution is 14.1. The van der Waals surface area contributed by atoms with Gasteiger partial charge in [0.25, 0.3) is 0 Å². The number of halogens is 1. The molecule has 1 aromatic rings. The largest absolute Gasteiger partial charge is 0.508 e. The molecule has 0 spiro atoms. The van der Waals surface area contributed by atoms with Gasteiger partial charge >= 0.3 is 0 Å². The van der Waals surface area contributed by atoms with Crippen LogP contribution in [0.15, 0.2) is 18.2 Å². The third-order valence-corrected chi connectivity index (χ3v) is 2.58. The van der Waals surface area contributed by atoms with Gasteiger partial charge < -0.3 is 20.6 Å². The van der Waals surface area contributed by atoms with E-state index in [0.29, 0.717) is 0 Å². The SMILES string of the molecule is OCC(O)CNc1ccc(O)cc1I. The van der Waals surface area contributed by atoms with Crippen LogP contribution in [0.5, 0.6) is 5.75 Å². The summed E-state index contributed by atoms with van der Waals surface area (Å²) in [6.07, 6.45) is -0.764. The lowest BCUT2D eigenvalue weighted by molar-refractivity contribution is 0.105. The summed E-state index contributed by atoms with van der Waals surface area (Å²) >= 11 is 2.08. The molecule has 0 heterocycles. The molecule has 1 atom stereocenters. The summed E-state index contributed by atoms with van der Waals surface area (Å²) in [7, 11) is 0. The number of nitrogens with one attached hydrogen (secondary N) is 1. The van der Waals surface area contributed by atoms with Gasteiger partial charge in [-0.2, -0.15) is 0 Å². The molecule has 0 aliphatic carbocycles. The molecule has 0 aliphatic heterocycles. The van der Waals surface area contributed by atoms with Crippen LogP contribution in [0.3, 0.4) is 0 Å². The topological polar surface area (TPSA) is 72.7 Å². The molecule has 4 nitrogen and oxygen atoms in total. The average Bonchev–Trinajstić information content (AvgIpc) is 2.16. The van der Waals surface area contributed by atoms with Crippen LogP contribution in [-0.4, -0.2) is 34.6 Å². The molecule has 14 heavy (non-hydrogen) atoms. The van der Waals surface area contributed by atoms with E-state index in [2.05, 4.69) is 27.9 Å². The van der Waals surface area contributed by atoms with E-state index in [-0.39, 0.29) is 18.9 Å². The number of hydrogen-bond acceptors (Lipinski definition) is 4. The Balaban J connectivity index is 2.59. The van der Waals surface area contributed by atoms with Crippen molar-refractivity contribution in [2.24, 2.45) is 0 Å². The maximum Gasteiger partial charge on any atom is 0.116 e. The predicted molar refractivity (Wildman–Crippen MR) is 62.4 cm³/mol. The monoisotopic (exact) mass is 309 g/mol. The summed E-state index contributed by atoms with van der Waals surface area (Å²) in [4.78, 5) is 0. The van der Waals surface area contributed by atoms with Crippen LogP contribution in [0.4, 0.5) is 5.69 Å². The van der Waals surface area contributed by atoms with Gasteiger partial charge in [0.2, 0.25) is 0 Å². The normalized spacial score (nSPS) is 12.5. The zero-order chi connectivity index (χ0) is 10.6. The molecule has 1 unspecified atom stereocenters. The number of benzene rings is 1. The van der Waals surface area contributed by atoms with Crippen LogP contribution in [0.25, 0.3) is 0 Å². The second-order valence-corrected chi connectivity index (χ2v) is 4.04. The van der Waals surface area contributed by atoms with Crippen LogP contribution in [0.1, 0.15) is 0 Å². The molecule has 0 aliphatic rings. The standard InChI is InChI=1S/C9H12INO3/c10-8-3-6(13)1-2-9(8)11-4-7(14)5-12/h1-3,7,11-14H,4-5H2. The molecule has 78 valence electrons. The van der Waals surface area contributed by atoms with Crippen LogP contribution >= 0.6 is 22.6 Å². The van der Waals surface area contributed by atoms with Gasteiger partial charge in [-0.1, -0.05) is 0 Å². The van der Waals surface area contributed by atoms with E-state index in [1.165, 1.54) is 0 Å². The van der Waals surface area contributed by atoms with Crippen LogP contribution in [-0.2, 0) is 0 Å². The fraction of sp³-hybridized carbons (Fsp3) is 0.333. The van der Waals surface area contributed by atoms with E-state index >= 15 is 0 Å². The van der Waals surface area contributed by atoms with E-state index < -0.39 is 6.10 Å². The highest BCUT2D eigenvalue weighted by Gasteiger charge is 2.04. The van der Waals surface area contributed by atoms with Crippen molar-refractivity contribution < 1.29 is 15.3 Å². The molecule has 0 amide bonds. The van der Waals surface area contributed by atoms with Gasteiger partial charge in [0, 0.05) is 15.8 Å². The molecule has 0 saturated heterocycles. The zero-order valence-corrected chi connectivity index (χ0v) is 9.60. The van der Waals surface area contributed by atoms with Crippen LogP contribution < -0.4 is 5.32 Å². The first-order chi connectivity index (χ1) is 6.63.